The Kier molecular flexibility index (Phi) is 6.91. The molecule has 0 radical (unpaired) electrons. The van der Waals surface area contributed by atoms with E-state index in [2.05, 4.69) is 26.6 Å². The number of ketones is 1. The molecule has 1 amide bonds. The van der Waals surface area contributed by atoms with Gasteiger partial charge in [-0.05, 0) is 41.8 Å². The van der Waals surface area contributed by atoms with Crippen LogP contribution in [0.15, 0.2) is 85.1 Å². The molecule has 35 heavy (non-hydrogen) atoms. The summed E-state index contributed by atoms with van der Waals surface area (Å²) in [7, 11) is 0. The quantitative estimate of drug-likeness (QED) is 0.370. The second-order valence-corrected chi connectivity index (χ2v) is 8.97. The maximum absolute atomic E-state index is 13.7. The van der Waals surface area contributed by atoms with Crippen LogP contribution in [-0.2, 0) is 17.6 Å². The molecule has 4 aromatic rings. The molecule has 178 valence electrons. The number of piperazine rings is 1. The van der Waals surface area contributed by atoms with Crippen molar-refractivity contribution in [2.45, 2.75) is 18.9 Å². The molecule has 0 spiro atoms. The van der Waals surface area contributed by atoms with Gasteiger partial charge >= 0.3 is 0 Å². The maximum Gasteiger partial charge on any atom is 0.252 e. The molecule has 6 nitrogen and oxygen atoms in total. The number of aromatic nitrogens is 1. The number of benzene rings is 3. The fraction of sp³-hybridized carbons (Fsp3) is 0.241. The maximum atomic E-state index is 13.7. The molecule has 2 heterocycles. The molecule has 5 rings (SSSR count). The van der Waals surface area contributed by atoms with Crippen molar-refractivity contribution in [2.75, 3.05) is 31.1 Å². The van der Waals surface area contributed by atoms with Gasteiger partial charge in [-0.15, -0.1) is 0 Å². The van der Waals surface area contributed by atoms with Crippen LogP contribution >= 0.6 is 0 Å². The summed E-state index contributed by atoms with van der Waals surface area (Å²) in [5, 5.41) is 7.28. The zero-order valence-corrected chi connectivity index (χ0v) is 19.7. The van der Waals surface area contributed by atoms with Crippen LogP contribution in [0.3, 0.4) is 0 Å². The Labute approximate surface area is 205 Å². The van der Waals surface area contributed by atoms with Crippen molar-refractivity contribution < 1.29 is 9.59 Å². The van der Waals surface area contributed by atoms with Gasteiger partial charge < -0.3 is 20.5 Å². The lowest BCUT2D eigenvalue weighted by Gasteiger charge is -2.31. The van der Waals surface area contributed by atoms with Gasteiger partial charge in [-0.3, -0.25) is 9.59 Å². The Balaban J connectivity index is 1.40. The standard InChI is InChI=1S/C29H30N4O2/c34-28(20-22-9-4-5-12-27(22)33-17-15-30-16-18-33)26(19-21-7-2-1-3-8-21)32-29(35)24-10-6-11-25-23(24)13-14-31-25/h1-14,26,30-31H,15-20H2,(H,32,35). The van der Waals surface area contributed by atoms with Crippen molar-refractivity contribution in [3.8, 4) is 0 Å². The van der Waals surface area contributed by atoms with Crippen molar-refractivity contribution in [3.63, 3.8) is 0 Å². The first-order valence-corrected chi connectivity index (χ1v) is 12.2. The van der Waals surface area contributed by atoms with Crippen molar-refractivity contribution in [1.82, 2.24) is 15.6 Å². The van der Waals surface area contributed by atoms with E-state index >= 15 is 0 Å². The van der Waals surface area contributed by atoms with Gasteiger partial charge in [-0.2, -0.15) is 0 Å². The number of Topliss-reactive ketones (excluding diaryl/α,β-unsaturated/α-hetero) is 1. The minimum Gasteiger partial charge on any atom is -0.369 e. The normalized spacial score (nSPS) is 14.6. The first-order chi connectivity index (χ1) is 17.2. The zero-order valence-electron chi connectivity index (χ0n) is 19.7. The average Bonchev–Trinajstić information content (AvgIpc) is 3.39. The monoisotopic (exact) mass is 466 g/mol. The van der Waals surface area contributed by atoms with E-state index in [1.165, 1.54) is 0 Å². The summed E-state index contributed by atoms with van der Waals surface area (Å²) in [5.41, 5.74) is 4.58. The molecule has 0 aliphatic carbocycles. The fourth-order valence-corrected chi connectivity index (χ4v) is 4.80. The fourth-order valence-electron chi connectivity index (χ4n) is 4.80. The van der Waals surface area contributed by atoms with Crippen LogP contribution in [0.1, 0.15) is 21.5 Å². The van der Waals surface area contributed by atoms with Crippen molar-refractivity contribution >= 4 is 28.3 Å². The van der Waals surface area contributed by atoms with Crippen LogP contribution < -0.4 is 15.5 Å². The first-order valence-electron chi connectivity index (χ1n) is 12.2. The molecule has 1 atom stereocenters. The minimum atomic E-state index is -0.629. The third-order valence-electron chi connectivity index (χ3n) is 6.63. The first kappa shape index (κ1) is 22.9. The minimum absolute atomic E-state index is 0.00558. The second-order valence-electron chi connectivity index (χ2n) is 8.97. The molecule has 1 fully saturated rings. The summed E-state index contributed by atoms with van der Waals surface area (Å²) in [6.45, 7) is 3.69. The zero-order chi connectivity index (χ0) is 24.0. The number of hydrogen-bond acceptors (Lipinski definition) is 4. The molecule has 1 aromatic heterocycles. The summed E-state index contributed by atoms with van der Waals surface area (Å²) in [4.78, 5) is 32.5. The van der Waals surface area contributed by atoms with Gasteiger partial charge in [-0.1, -0.05) is 54.6 Å². The van der Waals surface area contributed by atoms with Crippen LogP contribution in [0.5, 0.6) is 0 Å². The van der Waals surface area contributed by atoms with Gasteiger partial charge in [-0.25, -0.2) is 0 Å². The highest BCUT2D eigenvalue weighted by Gasteiger charge is 2.25. The third-order valence-corrected chi connectivity index (χ3v) is 6.63. The topological polar surface area (TPSA) is 77.2 Å². The Morgan fingerprint density at radius 3 is 2.49 bits per heavy atom. The van der Waals surface area contributed by atoms with Crippen LogP contribution in [0.2, 0.25) is 0 Å². The lowest BCUT2D eigenvalue weighted by molar-refractivity contribution is -0.120. The van der Waals surface area contributed by atoms with Gasteiger partial charge in [0.05, 0.1) is 6.04 Å². The van der Waals surface area contributed by atoms with E-state index in [0.29, 0.717) is 12.0 Å². The van der Waals surface area contributed by atoms with Crippen LogP contribution in [0.4, 0.5) is 5.69 Å². The number of anilines is 1. The average molecular weight is 467 g/mol. The van der Waals surface area contributed by atoms with E-state index in [4.69, 9.17) is 0 Å². The van der Waals surface area contributed by atoms with Gasteiger partial charge in [0, 0.05) is 61.0 Å². The predicted molar refractivity (Wildman–Crippen MR) is 140 cm³/mol. The number of aromatic amines is 1. The summed E-state index contributed by atoms with van der Waals surface area (Å²) in [6, 6.07) is 24.8. The molecular formula is C29H30N4O2. The number of carbonyl (C=O) groups is 2. The van der Waals surface area contributed by atoms with Gasteiger partial charge in [0.25, 0.3) is 5.91 Å². The van der Waals surface area contributed by atoms with Crippen molar-refractivity contribution in [1.29, 1.82) is 0 Å². The summed E-state index contributed by atoms with van der Waals surface area (Å²) < 4.78 is 0. The van der Waals surface area contributed by atoms with Crippen molar-refractivity contribution in [3.05, 3.63) is 102 Å². The van der Waals surface area contributed by atoms with E-state index in [1.54, 1.807) is 6.07 Å². The van der Waals surface area contributed by atoms with E-state index in [1.807, 2.05) is 72.9 Å². The molecule has 3 aromatic carbocycles. The Hall–Kier alpha value is -3.90. The summed E-state index contributed by atoms with van der Waals surface area (Å²) in [5.74, 6) is -0.231. The van der Waals surface area contributed by atoms with Crippen molar-refractivity contribution in [2.24, 2.45) is 0 Å². The van der Waals surface area contributed by atoms with Crippen LogP contribution in [-0.4, -0.2) is 48.9 Å². The second kappa shape index (κ2) is 10.6. The number of hydrogen-bond donors (Lipinski definition) is 3. The molecule has 1 unspecified atom stereocenters. The number of nitrogens with one attached hydrogen (secondary N) is 3. The third kappa shape index (κ3) is 5.28. The molecule has 1 aliphatic heterocycles. The van der Waals surface area contributed by atoms with E-state index < -0.39 is 6.04 Å². The number of rotatable bonds is 8. The van der Waals surface area contributed by atoms with Gasteiger partial charge in [0.15, 0.2) is 5.78 Å². The molecule has 1 saturated heterocycles. The van der Waals surface area contributed by atoms with E-state index in [9.17, 15) is 9.59 Å². The molecule has 3 N–H and O–H groups in total. The summed E-state index contributed by atoms with van der Waals surface area (Å²) >= 11 is 0. The smallest absolute Gasteiger partial charge is 0.252 e. The van der Waals surface area contributed by atoms with E-state index in [0.717, 1.165) is 53.9 Å². The largest absolute Gasteiger partial charge is 0.369 e. The molecule has 0 bridgehead atoms. The lowest BCUT2D eigenvalue weighted by Crippen LogP contribution is -2.45. The Bertz CT molecular complexity index is 1310. The number of para-hydroxylation sites is 1. The molecule has 6 heteroatoms. The summed E-state index contributed by atoms with van der Waals surface area (Å²) in [6.07, 6.45) is 2.54. The number of nitrogens with zero attached hydrogens (tertiary/aromatic N) is 1. The highest BCUT2D eigenvalue weighted by Crippen LogP contribution is 2.23. The number of fused-ring (bicyclic) bond motifs is 1. The highest BCUT2D eigenvalue weighted by molar-refractivity contribution is 6.07. The van der Waals surface area contributed by atoms with Crippen LogP contribution in [0, 0.1) is 0 Å². The van der Waals surface area contributed by atoms with Gasteiger partial charge in [0.2, 0.25) is 0 Å². The lowest BCUT2D eigenvalue weighted by atomic mass is 9.96. The Morgan fingerprint density at radius 2 is 1.66 bits per heavy atom. The van der Waals surface area contributed by atoms with E-state index in [-0.39, 0.29) is 18.1 Å². The van der Waals surface area contributed by atoms with Gasteiger partial charge in [0.1, 0.15) is 0 Å². The number of H-pyrrole nitrogens is 1. The number of carbonyl (C=O) groups excluding carboxylic acids is 2. The number of amides is 1. The highest BCUT2D eigenvalue weighted by atomic mass is 16.2. The molecular weight excluding hydrogens is 436 g/mol. The predicted octanol–water partition coefficient (Wildman–Crippen LogP) is 3.73. The van der Waals surface area contributed by atoms with Crippen LogP contribution in [0.25, 0.3) is 10.9 Å². The SMILES string of the molecule is O=C(NC(Cc1ccccc1)C(=O)Cc1ccccc1N1CCNCC1)c1cccc2[nH]ccc12. The Morgan fingerprint density at radius 1 is 0.886 bits per heavy atom. The molecule has 0 saturated carbocycles. The molecule has 1 aliphatic rings.